The molecule has 0 radical (unpaired) electrons. The number of hydrogen-bond donors (Lipinski definition) is 1. The van der Waals surface area contributed by atoms with E-state index in [2.05, 4.69) is 16.4 Å². The molecular weight excluding hydrogens is 388 g/mol. The number of aryl methyl sites for hydroxylation is 1. The molecule has 6 nitrogen and oxygen atoms in total. The monoisotopic (exact) mass is 412 g/mol. The third kappa shape index (κ3) is 4.86. The number of carbonyl (C=O) groups is 1. The van der Waals surface area contributed by atoms with E-state index in [-0.39, 0.29) is 5.91 Å². The average molecular weight is 413 g/mol. The van der Waals surface area contributed by atoms with Crippen LogP contribution in [0.1, 0.15) is 21.6 Å². The molecule has 0 aliphatic carbocycles. The lowest BCUT2D eigenvalue weighted by atomic mass is 10.1. The van der Waals surface area contributed by atoms with E-state index in [1.807, 2.05) is 37.3 Å². The van der Waals surface area contributed by atoms with E-state index in [1.54, 1.807) is 26.7 Å². The summed E-state index contributed by atoms with van der Waals surface area (Å²) in [6.45, 7) is 2.54. The van der Waals surface area contributed by atoms with Gasteiger partial charge in [0, 0.05) is 17.5 Å². The molecule has 1 amide bonds. The van der Waals surface area contributed by atoms with Gasteiger partial charge in [0.2, 0.25) is 0 Å². The number of aromatic nitrogens is 1. The molecule has 2 aromatic carbocycles. The fourth-order valence-electron chi connectivity index (χ4n) is 2.98. The van der Waals surface area contributed by atoms with Crippen LogP contribution in [-0.4, -0.2) is 38.8 Å². The number of ether oxygens (including phenoxy) is 3. The maximum absolute atomic E-state index is 12.5. The van der Waals surface area contributed by atoms with Crippen LogP contribution in [-0.2, 0) is 6.42 Å². The number of rotatable bonds is 8. The van der Waals surface area contributed by atoms with Crippen molar-refractivity contribution in [1.29, 1.82) is 0 Å². The van der Waals surface area contributed by atoms with E-state index in [0.29, 0.717) is 30.2 Å². The Morgan fingerprint density at radius 1 is 1.00 bits per heavy atom. The van der Waals surface area contributed by atoms with Gasteiger partial charge in [-0.1, -0.05) is 17.7 Å². The van der Waals surface area contributed by atoms with Gasteiger partial charge in [0.25, 0.3) is 5.91 Å². The number of carbonyl (C=O) groups excluding carboxylic acids is 1. The van der Waals surface area contributed by atoms with Gasteiger partial charge >= 0.3 is 0 Å². The summed E-state index contributed by atoms with van der Waals surface area (Å²) in [6, 6.07) is 11.6. The van der Waals surface area contributed by atoms with Crippen molar-refractivity contribution >= 4 is 17.2 Å². The molecule has 0 bridgehead atoms. The van der Waals surface area contributed by atoms with Gasteiger partial charge in [-0.05, 0) is 43.2 Å². The molecule has 0 atom stereocenters. The highest BCUT2D eigenvalue weighted by Gasteiger charge is 2.14. The Labute approximate surface area is 174 Å². The first-order valence-corrected chi connectivity index (χ1v) is 10.0. The number of amides is 1. The molecule has 0 aliphatic heterocycles. The van der Waals surface area contributed by atoms with Crippen LogP contribution < -0.4 is 19.5 Å². The Morgan fingerprint density at radius 3 is 2.45 bits per heavy atom. The smallest absolute Gasteiger partial charge is 0.270 e. The number of benzene rings is 2. The van der Waals surface area contributed by atoms with Gasteiger partial charge in [-0.15, -0.1) is 11.3 Å². The van der Waals surface area contributed by atoms with Crippen LogP contribution in [0.25, 0.3) is 10.6 Å². The van der Waals surface area contributed by atoms with Crippen molar-refractivity contribution in [1.82, 2.24) is 10.3 Å². The number of methoxy groups -OCH3 is 3. The van der Waals surface area contributed by atoms with E-state index < -0.39 is 0 Å². The summed E-state index contributed by atoms with van der Waals surface area (Å²) in [7, 11) is 4.83. The van der Waals surface area contributed by atoms with Gasteiger partial charge in [0.05, 0.1) is 21.3 Å². The quantitative estimate of drug-likeness (QED) is 0.603. The minimum absolute atomic E-state index is 0.195. The second-order valence-corrected chi connectivity index (χ2v) is 7.29. The van der Waals surface area contributed by atoms with Crippen molar-refractivity contribution in [2.45, 2.75) is 13.3 Å². The molecule has 1 heterocycles. The molecule has 1 N–H and O–H groups in total. The minimum atomic E-state index is -0.195. The standard InChI is InChI=1S/C22H24N2O4S/c1-14-5-7-18(26-2)15(11-14)9-10-23-21(25)17-13-29-22(24-17)16-6-8-19(27-3)20(12-16)28-4/h5-8,11-13H,9-10H2,1-4H3,(H,23,25). The summed E-state index contributed by atoms with van der Waals surface area (Å²) in [5.74, 6) is 1.91. The highest BCUT2D eigenvalue weighted by Crippen LogP contribution is 2.33. The highest BCUT2D eigenvalue weighted by molar-refractivity contribution is 7.13. The molecule has 7 heteroatoms. The van der Waals surface area contributed by atoms with E-state index >= 15 is 0 Å². The zero-order chi connectivity index (χ0) is 20.8. The first-order valence-electron chi connectivity index (χ1n) is 9.15. The van der Waals surface area contributed by atoms with Gasteiger partial charge < -0.3 is 19.5 Å². The maximum atomic E-state index is 12.5. The number of thiazole rings is 1. The molecular formula is C22H24N2O4S. The lowest BCUT2D eigenvalue weighted by molar-refractivity contribution is 0.0950. The van der Waals surface area contributed by atoms with Gasteiger partial charge in [-0.2, -0.15) is 0 Å². The lowest BCUT2D eigenvalue weighted by Crippen LogP contribution is -2.26. The molecule has 3 aromatic rings. The first kappa shape index (κ1) is 20.7. The second-order valence-electron chi connectivity index (χ2n) is 6.43. The van der Waals surface area contributed by atoms with Crippen LogP contribution in [0.2, 0.25) is 0 Å². The molecule has 0 saturated carbocycles. The SMILES string of the molecule is COc1ccc(C)cc1CCNC(=O)c1csc(-c2ccc(OC)c(OC)c2)n1. The number of nitrogens with one attached hydrogen (secondary N) is 1. The summed E-state index contributed by atoms with van der Waals surface area (Å²) in [4.78, 5) is 17.0. The first-order chi connectivity index (χ1) is 14.0. The second kappa shape index (κ2) is 9.43. The van der Waals surface area contributed by atoms with Crippen molar-refractivity contribution in [2.75, 3.05) is 27.9 Å². The third-order valence-electron chi connectivity index (χ3n) is 4.48. The average Bonchev–Trinajstić information content (AvgIpc) is 3.23. The summed E-state index contributed by atoms with van der Waals surface area (Å²) < 4.78 is 16.0. The molecule has 0 fully saturated rings. The van der Waals surface area contributed by atoms with E-state index in [9.17, 15) is 4.79 Å². The molecule has 0 unspecified atom stereocenters. The predicted octanol–water partition coefficient (Wildman–Crippen LogP) is 4.12. The van der Waals surface area contributed by atoms with Crippen molar-refractivity contribution < 1.29 is 19.0 Å². The molecule has 0 aliphatic rings. The van der Waals surface area contributed by atoms with Crippen LogP contribution in [0.5, 0.6) is 17.2 Å². The zero-order valence-electron chi connectivity index (χ0n) is 16.9. The summed E-state index contributed by atoms with van der Waals surface area (Å²) in [5, 5.41) is 5.43. The number of hydrogen-bond acceptors (Lipinski definition) is 6. The van der Waals surface area contributed by atoms with Gasteiger partial charge in [0.15, 0.2) is 11.5 Å². The Kier molecular flexibility index (Phi) is 6.72. The fourth-order valence-corrected chi connectivity index (χ4v) is 3.78. The fraction of sp³-hybridized carbons (Fsp3) is 0.273. The molecule has 3 rings (SSSR count). The predicted molar refractivity (Wildman–Crippen MR) is 114 cm³/mol. The Balaban J connectivity index is 1.65. The van der Waals surface area contributed by atoms with Crippen molar-refractivity contribution in [3.05, 3.63) is 58.6 Å². The van der Waals surface area contributed by atoms with Crippen LogP contribution in [0, 0.1) is 6.92 Å². The molecule has 152 valence electrons. The summed E-state index contributed by atoms with van der Waals surface area (Å²) in [5.41, 5.74) is 3.50. The highest BCUT2D eigenvalue weighted by atomic mass is 32.1. The van der Waals surface area contributed by atoms with E-state index in [4.69, 9.17) is 14.2 Å². The Hall–Kier alpha value is -3.06. The molecule has 0 saturated heterocycles. The molecule has 29 heavy (non-hydrogen) atoms. The minimum Gasteiger partial charge on any atom is -0.496 e. The number of nitrogens with zero attached hydrogens (tertiary/aromatic N) is 1. The molecule has 0 spiro atoms. The Bertz CT molecular complexity index is 1000. The topological polar surface area (TPSA) is 69.7 Å². The maximum Gasteiger partial charge on any atom is 0.270 e. The van der Waals surface area contributed by atoms with Gasteiger partial charge in [-0.3, -0.25) is 4.79 Å². The third-order valence-corrected chi connectivity index (χ3v) is 5.37. The van der Waals surface area contributed by atoms with Crippen LogP contribution in [0.4, 0.5) is 0 Å². The normalized spacial score (nSPS) is 10.5. The summed E-state index contributed by atoms with van der Waals surface area (Å²) >= 11 is 1.41. The van der Waals surface area contributed by atoms with Crippen LogP contribution >= 0.6 is 11.3 Å². The lowest BCUT2D eigenvalue weighted by Gasteiger charge is -2.10. The molecule has 1 aromatic heterocycles. The zero-order valence-corrected chi connectivity index (χ0v) is 17.8. The van der Waals surface area contributed by atoms with Crippen molar-refractivity contribution in [2.24, 2.45) is 0 Å². The van der Waals surface area contributed by atoms with Gasteiger partial charge in [-0.25, -0.2) is 4.98 Å². The van der Waals surface area contributed by atoms with E-state index in [1.165, 1.54) is 11.3 Å². The van der Waals surface area contributed by atoms with Crippen LogP contribution in [0.15, 0.2) is 41.8 Å². The Morgan fingerprint density at radius 2 is 1.72 bits per heavy atom. The van der Waals surface area contributed by atoms with Crippen molar-refractivity contribution in [3.8, 4) is 27.8 Å². The van der Waals surface area contributed by atoms with E-state index in [0.717, 1.165) is 27.4 Å². The van der Waals surface area contributed by atoms with Gasteiger partial charge in [0.1, 0.15) is 16.5 Å². The van der Waals surface area contributed by atoms with Crippen molar-refractivity contribution in [3.63, 3.8) is 0 Å². The summed E-state index contributed by atoms with van der Waals surface area (Å²) in [6.07, 6.45) is 0.684. The largest absolute Gasteiger partial charge is 0.496 e. The van der Waals surface area contributed by atoms with Crippen LogP contribution in [0.3, 0.4) is 0 Å².